The Kier molecular flexibility index (Phi) is 3.18. The molecule has 0 saturated carbocycles. The second-order valence-corrected chi connectivity index (χ2v) is 2.96. The Bertz CT molecular complexity index is 345. The first kappa shape index (κ1) is 11.4. The third kappa shape index (κ3) is 4.35. The number of anilines is 2. The fourth-order valence-electron chi connectivity index (χ4n) is 0.954. The Balaban J connectivity index is 2.55. The van der Waals surface area contributed by atoms with Gasteiger partial charge in [0, 0.05) is 11.4 Å². The lowest BCUT2D eigenvalue weighted by molar-refractivity contribution is -0.150. The van der Waals surface area contributed by atoms with E-state index in [1.54, 1.807) is 0 Å². The van der Waals surface area contributed by atoms with Crippen molar-refractivity contribution in [3.63, 3.8) is 0 Å². The maximum absolute atomic E-state index is 11.8. The highest BCUT2D eigenvalue weighted by atomic mass is 19.4. The normalized spacial score (nSPS) is 11.1. The number of halogens is 3. The van der Waals surface area contributed by atoms with E-state index in [0.717, 1.165) is 0 Å². The van der Waals surface area contributed by atoms with Crippen LogP contribution in [-0.4, -0.2) is 12.1 Å². The standard InChI is InChI=1S/C9H9F3N2O/c10-9(11,12)5-8(15)14-7-3-1-6(13)2-4-7/h1-4H,5,13H2,(H,14,15). The number of nitrogen functional groups attached to an aromatic ring is 1. The van der Waals surface area contributed by atoms with Crippen molar-refractivity contribution in [3.8, 4) is 0 Å². The van der Waals surface area contributed by atoms with Gasteiger partial charge in [-0.3, -0.25) is 4.79 Å². The van der Waals surface area contributed by atoms with Gasteiger partial charge in [-0.25, -0.2) is 0 Å². The minimum atomic E-state index is -4.49. The van der Waals surface area contributed by atoms with Crippen molar-refractivity contribution in [2.24, 2.45) is 0 Å². The van der Waals surface area contributed by atoms with Gasteiger partial charge in [0.25, 0.3) is 0 Å². The summed E-state index contributed by atoms with van der Waals surface area (Å²) in [6.45, 7) is 0. The molecule has 0 bridgehead atoms. The van der Waals surface area contributed by atoms with Gasteiger partial charge in [-0.2, -0.15) is 13.2 Å². The second-order valence-electron chi connectivity index (χ2n) is 2.96. The summed E-state index contributed by atoms with van der Waals surface area (Å²) in [5.41, 5.74) is 6.13. The molecule has 0 saturated heterocycles. The van der Waals surface area contributed by atoms with Crippen molar-refractivity contribution >= 4 is 17.3 Å². The van der Waals surface area contributed by atoms with Crippen LogP contribution in [-0.2, 0) is 4.79 Å². The first-order chi connectivity index (χ1) is 6.87. The zero-order valence-corrected chi connectivity index (χ0v) is 7.64. The maximum Gasteiger partial charge on any atom is 0.397 e. The number of carbonyl (C=O) groups excluding carboxylic acids is 1. The molecular formula is C9H9F3N2O. The zero-order valence-electron chi connectivity index (χ0n) is 7.64. The van der Waals surface area contributed by atoms with E-state index in [1.807, 2.05) is 0 Å². The van der Waals surface area contributed by atoms with Crippen LogP contribution in [0, 0.1) is 0 Å². The molecule has 0 fully saturated rings. The fourth-order valence-corrected chi connectivity index (χ4v) is 0.954. The van der Waals surface area contributed by atoms with Gasteiger partial charge in [0.15, 0.2) is 0 Å². The van der Waals surface area contributed by atoms with Gasteiger partial charge in [0.1, 0.15) is 6.42 Å². The number of benzene rings is 1. The van der Waals surface area contributed by atoms with Crippen molar-refractivity contribution in [3.05, 3.63) is 24.3 Å². The topological polar surface area (TPSA) is 55.1 Å². The van der Waals surface area contributed by atoms with E-state index in [0.29, 0.717) is 11.4 Å². The molecular weight excluding hydrogens is 209 g/mol. The lowest BCUT2D eigenvalue weighted by Crippen LogP contribution is -2.21. The van der Waals surface area contributed by atoms with Crippen LogP contribution in [0.3, 0.4) is 0 Å². The number of rotatable bonds is 2. The third-order valence-electron chi connectivity index (χ3n) is 1.56. The number of amides is 1. The Morgan fingerprint density at radius 3 is 2.27 bits per heavy atom. The number of hydrogen-bond acceptors (Lipinski definition) is 2. The minimum absolute atomic E-state index is 0.290. The highest BCUT2D eigenvalue weighted by Gasteiger charge is 2.31. The first-order valence-corrected chi connectivity index (χ1v) is 4.09. The van der Waals surface area contributed by atoms with Gasteiger partial charge in [-0.05, 0) is 24.3 Å². The average molecular weight is 218 g/mol. The summed E-state index contributed by atoms with van der Waals surface area (Å²) in [7, 11) is 0. The smallest absolute Gasteiger partial charge is 0.397 e. The largest absolute Gasteiger partial charge is 0.399 e. The number of carbonyl (C=O) groups is 1. The van der Waals surface area contributed by atoms with E-state index in [9.17, 15) is 18.0 Å². The number of hydrogen-bond donors (Lipinski definition) is 2. The summed E-state index contributed by atoms with van der Waals surface area (Å²) in [4.78, 5) is 10.9. The van der Waals surface area contributed by atoms with Gasteiger partial charge in [-0.1, -0.05) is 0 Å². The van der Waals surface area contributed by atoms with E-state index in [-0.39, 0.29) is 0 Å². The quantitative estimate of drug-likeness (QED) is 0.747. The van der Waals surface area contributed by atoms with Crippen LogP contribution in [0.25, 0.3) is 0 Å². The van der Waals surface area contributed by atoms with Crippen molar-refractivity contribution in [1.82, 2.24) is 0 Å². The van der Waals surface area contributed by atoms with Crippen LogP contribution in [0.1, 0.15) is 6.42 Å². The van der Waals surface area contributed by atoms with Crippen molar-refractivity contribution in [2.45, 2.75) is 12.6 Å². The maximum atomic E-state index is 11.8. The minimum Gasteiger partial charge on any atom is -0.399 e. The molecule has 0 heterocycles. The molecule has 1 aromatic carbocycles. The third-order valence-corrected chi connectivity index (χ3v) is 1.56. The highest BCUT2D eigenvalue weighted by Crippen LogP contribution is 2.20. The van der Waals surface area contributed by atoms with Crippen molar-refractivity contribution < 1.29 is 18.0 Å². The molecule has 0 radical (unpaired) electrons. The van der Waals surface area contributed by atoms with Crippen molar-refractivity contribution in [2.75, 3.05) is 11.1 Å². The first-order valence-electron chi connectivity index (χ1n) is 4.09. The molecule has 0 aliphatic carbocycles. The summed E-state index contributed by atoms with van der Waals surface area (Å²) in [6, 6.07) is 5.85. The van der Waals surface area contributed by atoms with Crippen LogP contribution in [0.2, 0.25) is 0 Å². The molecule has 6 heteroatoms. The number of alkyl halides is 3. The van der Waals surface area contributed by atoms with Crippen LogP contribution in [0.5, 0.6) is 0 Å². The highest BCUT2D eigenvalue weighted by molar-refractivity contribution is 5.91. The molecule has 3 nitrogen and oxygen atoms in total. The second kappa shape index (κ2) is 4.20. The predicted molar refractivity (Wildman–Crippen MR) is 50.2 cm³/mol. The van der Waals surface area contributed by atoms with E-state index >= 15 is 0 Å². The summed E-state index contributed by atoms with van der Waals surface area (Å²) < 4.78 is 35.4. The lowest BCUT2D eigenvalue weighted by atomic mass is 10.3. The predicted octanol–water partition coefficient (Wildman–Crippen LogP) is 2.16. The average Bonchev–Trinajstić information content (AvgIpc) is 2.05. The van der Waals surface area contributed by atoms with Crippen LogP contribution >= 0.6 is 0 Å². The molecule has 0 atom stereocenters. The monoisotopic (exact) mass is 218 g/mol. The number of nitrogens with one attached hydrogen (secondary N) is 1. The van der Waals surface area contributed by atoms with Crippen molar-refractivity contribution in [1.29, 1.82) is 0 Å². The Morgan fingerprint density at radius 2 is 1.80 bits per heavy atom. The summed E-state index contributed by atoms with van der Waals surface area (Å²) >= 11 is 0. The van der Waals surface area contributed by atoms with Gasteiger partial charge in [0.2, 0.25) is 5.91 Å². The van der Waals surface area contributed by atoms with E-state index in [4.69, 9.17) is 5.73 Å². The zero-order chi connectivity index (χ0) is 11.5. The summed E-state index contributed by atoms with van der Waals surface area (Å²) in [5.74, 6) is -1.09. The van der Waals surface area contributed by atoms with E-state index < -0.39 is 18.5 Å². The molecule has 82 valence electrons. The van der Waals surface area contributed by atoms with Gasteiger partial charge < -0.3 is 11.1 Å². The molecule has 0 aliphatic rings. The fraction of sp³-hybridized carbons (Fsp3) is 0.222. The Labute approximate surface area is 84.1 Å². The molecule has 3 N–H and O–H groups in total. The Morgan fingerprint density at radius 1 is 1.27 bits per heavy atom. The molecule has 1 amide bonds. The van der Waals surface area contributed by atoms with Crippen LogP contribution in [0.4, 0.5) is 24.5 Å². The van der Waals surface area contributed by atoms with E-state index in [2.05, 4.69) is 5.32 Å². The van der Waals surface area contributed by atoms with Gasteiger partial charge in [0.05, 0.1) is 0 Å². The molecule has 1 rings (SSSR count). The van der Waals surface area contributed by atoms with Crippen LogP contribution < -0.4 is 11.1 Å². The Hall–Kier alpha value is -1.72. The lowest BCUT2D eigenvalue weighted by Gasteiger charge is -2.07. The molecule has 1 aromatic rings. The molecule has 0 unspecified atom stereocenters. The van der Waals surface area contributed by atoms with Gasteiger partial charge in [-0.15, -0.1) is 0 Å². The van der Waals surface area contributed by atoms with E-state index in [1.165, 1.54) is 24.3 Å². The SMILES string of the molecule is Nc1ccc(NC(=O)CC(F)(F)F)cc1. The molecule has 0 aromatic heterocycles. The van der Waals surface area contributed by atoms with Gasteiger partial charge >= 0.3 is 6.18 Å². The molecule has 0 spiro atoms. The molecule has 15 heavy (non-hydrogen) atoms. The summed E-state index contributed by atoms with van der Waals surface area (Å²) in [6.07, 6.45) is -5.98. The van der Waals surface area contributed by atoms with Crippen LogP contribution in [0.15, 0.2) is 24.3 Å². The summed E-state index contributed by atoms with van der Waals surface area (Å²) in [5, 5.41) is 2.11. The molecule has 0 aliphatic heterocycles. The number of nitrogens with two attached hydrogens (primary N) is 1.